The van der Waals surface area contributed by atoms with Crippen molar-refractivity contribution in [3.8, 4) is 0 Å². The van der Waals surface area contributed by atoms with E-state index >= 15 is 0 Å². The van der Waals surface area contributed by atoms with Crippen LogP contribution in [-0.2, 0) is 50.8 Å². The van der Waals surface area contributed by atoms with Crippen LogP contribution in [0.3, 0.4) is 0 Å². The van der Waals surface area contributed by atoms with E-state index in [1.807, 2.05) is 0 Å². The van der Waals surface area contributed by atoms with Crippen LogP contribution >= 0.6 is 0 Å². The fraction of sp³-hybridized carbons (Fsp3) is 1.00. The molecular weight excluding hydrogens is 292 g/mol. The van der Waals surface area contributed by atoms with E-state index in [9.17, 15) is 8.42 Å². The summed E-state index contributed by atoms with van der Waals surface area (Å²) in [6, 6.07) is 0. The first-order valence-corrected chi connectivity index (χ1v) is 5.32. The van der Waals surface area contributed by atoms with Crippen molar-refractivity contribution in [3.63, 3.8) is 0 Å². The smallest absolute Gasteiger partial charge is 0.784 e. The zero-order valence-corrected chi connectivity index (χ0v) is 10.8. The monoisotopic (exact) mass is 292 g/mol. The molecule has 78 valence electrons. The Morgan fingerprint density at radius 3 is 1.36 bits per heavy atom. The number of hydrogen-bond acceptors (Lipinski definition) is 9. The van der Waals surface area contributed by atoms with Crippen molar-refractivity contribution in [2.24, 2.45) is 0 Å². The summed E-state index contributed by atoms with van der Waals surface area (Å²) in [5.41, 5.74) is 0. The van der Waals surface area contributed by atoms with E-state index < -0.39 is 40.2 Å². The molecule has 0 radical (unpaired) electrons. The molecule has 0 bridgehead atoms. The maximum absolute atomic E-state index is 10.0. The molecule has 2 aliphatic rings. The Kier molecular flexibility index (Phi) is 6.92. The summed E-state index contributed by atoms with van der Waals surface area (Å²) in [4.78, 5) is 0. The van der Waals surface area contributed by atoms with Crippen LogP contribution in [0.15, 0.2) is 0 Å². The third-order valence-electron chi connectivity index (χ3n) is 0.680. The van der Waals surface area contributed by atoms with E-state index in [0.29, 0.717) is 0 Å². The average molecular weight is 292 g/mol. The molecule has 0 saturated carbocycles. The predicted molar refractivity (Wildman–Crippen MR) is 38.8 cm³/mol. The molecule has 0 aromatic heterocycles. The van der Waals surface area contributed by atoms with Crippen molar-refractivity contribution >= 4 is 71.8 Å². The Morgan fingerprint density at radius 2 is 1.21 bits per heavy atom. The topological polar surface area (TPSA) is 134 Å². The van der Waals surface area contributed by atoms with Gasteiger partial charge in [-0.05, 0) is 0 Å². The molecule has 0 atom stereocenters. The van der Waals surface area contributed by atoms with Gasteiger partial charge < -0.3 is 9.11 Å². The van der Waals surface area contributed by atoms with E-state index in [1.165, 1.54) is 0 Å². The van der Waals surface area contributed by atoms with Gasteiger partial charge in [-0.3, -0.25) is 4.21 Å². The van der Waals surface area contributed by atoms with Crippen molar-refractivity contribution in [1.29, 1.82) is 0 Å². The predicted octanol–water partition coefficient (Wildman–Crippen LogP) is -2.54. The van der Waals surface area contributed by atoms with Crippen molar-refractivity contribution in [1.82, 2.24) is 0 Å². The van der Waals surface area contributed by atoms with Crippen LogP contribution < -0.4 is 0 Å². The first kappa shape index (κ1) is 15.5. The largest absolute Gasteiger partial charge is 2.00 e. The van der Waals surface area contributed by atoms with Gasteiger partial charge in [0.2, 0.25) is 0 Å². The minimum atomic E-state index is -3.11. The van der Waals surface area contributed by atoms with Crippen LogP contribution in [0, 0.1) is 0 Å². The fourth-order valence-corrected chi connectivity index (χ4v) is 1.54. The minimum Gasteiger partial charge on any atom is -0.784 e. The molecule has 0 aliphatic carbocycles. The molecule has 2 fully saturated rings. The van der Waals surface area contributed by atoms with Gasteiger partial charge in [0.25, 0.3) is 0 Å². The fourth-order valence-electron chi connectivity index (χ4n) is 0.401. The molecule has 2 rings (SSSR count). The Bertz CT molecular complexity index is 230. The molecule has 2 heterocycles. The molecule has 2 saturated heterocycles. The Labute approximate surface area is 115 Å². The van der Waals surface area contributed by atoms with Gasteiger partial charge in [-0.1, -0.05) is 0 Å². The minimum absolute atomic E-state index is 0. The van der Waals surface area contributed by atoms with Crippen LogP contribution in [0.5, 0.6) is 0 Å². The second-order valence-corrected chi connectivity index (χ2v) is 3.34. The summed E-state index contributed by atoms with van der Waals surface area (Å²) >= 11 is -6.73. The average Bonchev–Trinajstić information content (AvgIpc) is 1.79. The van der Waals surface area contributed by atoms with Crippen LogP contribution in [0.1, 0.15) is 0 Å². The molecule has 0 unspecified atom stereocenters. The Balaban J connectivity index is 0.000000299. The van der Waals surface area contributed by atoms with Gasteiger partial charge in [-0.2, -0.15) is 25.2 Å². The van der Waals surface area contributed by atoms with Crippen molar-refractivity contribution in [2.75, 3.05) is 0 Å². The van der Waals surface area contributed by atoms with Gasteiger partial charge in [-0.15, -0.1) is 11.4 Å². The van der Waals surface area contributed by atoms with E-state index in [4.69, 9.17) is 13.3 Å². The van der Waals surface area contributed by atoms with Crippen LogP contribution in [0.4, 0.5) is 0 Å². The maximum Gasteiger partial charge on any atom is 2.00 e. The van der Waals surface area contributed by atoms with Crippen molar-refractivity contribution < 1.29 is 38.5 Å². The van der Waals surface area contributed by atoms with Gasteiger partial charge in [0.1, 0.15) is 0 Å². The molecule has 9 nitrogen and oxygen atoms in total. The van der Waals surface area contributed by atoms with Gasteiger partial charge >= 0.3 is 66.6 Å². The molecule has 1 spiro atoms. The first-order valence-electron chi connectivity index (χ1n) is 2.32. The summed E-state index contributed by atoms with van der Waals surface area (Å²) in [7, 11) is 0. The summed E-state index contributed by atoms with van der Waals surface area (Å²) in [6.45, 7) is 0. The van der Waals surface area contributed by atoms with Gasteiger partial charge in [-0.25, -0.2) is 0 Å². The maximum atomic E-state index is 10.0. The normalized spacial score (nSPS) is 38.8. The number of rotatable bonds is 0. The van der Waals surface area contributed by atoms with Gasteiger partial charge in [0.15, 0.2) is 0 Å². The van der Waals surface area contributed by atoms with E-state index in [1.54, 1.807) is 0 Å². The van der Waals surface area contributed by atoms with E-state index in [0.717, 1.165) is 0 Å². The second kappa shape index (κ2) is 6.27. The first-order chi connectivity index (χ1) is 5.93. The Hall–Kier alpha value is 1.47. The zero-order valence-electron chi connectivity index (χ0n) is 6.11. The molecule has 14 heavy (non-hydrogen) atoms. The molecule has 0 aromatic rings. The van der Waals surface area contributed by atoms with E-state index in [2.05, 4.69) is 16.7 Å². The van der Waals surface area contributed by atoms with Crippen LogP contribution in [0.2, 0.25) is 0 Å². The number of hydrogen-bond donors (Lipinski definition) is 0. The summed E-state index contributed by atoms with van der Waals surface area (Å²) in [5, 5.41) is 0. The third-order valence-corrected chi connectivity index (χ3v) is 2.04. The standard InChI is InChI=1S/CO6S2.Ca.H2O3S/c2-8-4-1(5-8)6-9(3)7-1;;1-4(2)3/h;;(H2,1,2,3)/q;+2;/p-2. The van der Waals surface area contributed by atoms with Crippen LogP contribution in [-0.4, -0.2) is 65.6 Å². The molecule has 0 amide bonds. The van der Waals surface area contributed by atoms with Gasteiger partial charge in [0, 0.05) is 0 Å². The van der Waals surface area contributed by atoms with Crippen molar-refractivity contribution in [2.45, 2.75) is 6.16 Å². The quantitative estimate of drug-likeness (QED) is 0.349. The molecule has 0 N–H and O–H groups in total. The van der Waals surface area contributed by atoms with E-state index in [-0.39, 0.29) is 37.7 Å². The van der Waals surface area contributed by atoms with Gasteiger partial charge in [0.05, 0.1) is 0 Å². The van der Waals surface area contributed by atoms with Crippen molar-refractivity contribution in [3.05, 3.63) is 0 Å². The molecule has 13 heteroatoms. The molecular formula is CCaO9S3. The molecule has 0 aromatic carbocycles. The molecule has 2 aliphatic heterocycles. The van der Waals surface area contributed by atoms with Crippen LogP contribution in [0.25, 0.3) is 0 Å². The second-order valence-electron chi connectivity index (χ2n) is 1.45. The SMILES string of the molecule is O=S([O-])[O-].O=S1OC2(O1)OS(=O)O2.[Ca+2]. The zero-order chi connectivity index (χ0) is 10.1. The summed E-state index contributed by atoms with van der Waals surface area (Å²) < 4.78 is 62.4. The Morgan fingerprint density at radius 1 is 1.00 bits per heavy atom. The summed E-state index contributed by atoms with van der Waals surface area (Å²) in [5.74, 6) is 0. The summed E-state index contributed by atoms with van der Waals surface area (Å²) in [6.07, 6.45) is -1.71. The third kappa shape index (κ3) is 4.54.